The van der Waals surface area contributed by atoms with Gasteiger partial charge in [0.25, 0.3) is 5.91 Å². The van der Waals surface area contributed by atoms with Gasteiger partial charge in [-0.1, -0.05) is 12.2 Å². The van der Waals surface area contributed by atoms with Crippen LogP contribution in [0, 0.1) is 13.8 Å². The number of carbonyl (C=O) groups excluding carboxylic acids is 1. The summed E-state index contributed by atoms with van der Waals surface area (Å²) in [5, 5.41) is 13.0. The SMILES string of the molecule is Cc1cc(C(=O)NCC2(O)C=CCCC2)c(C)o1. The molecular weight excluding hydrogens is 230 g/mol. The molecule has 0 saturated heterocycles. The molecule has 0 bridgehead atoms. The molecular formula is C14H19NO3. The molecule has 1 aliphatic carbocycles. The van der Waals surface area contributed by atoms with Gasteiger partial charge in [0.05, 0.1) is 17.7 Å². The molecule has 4 heteroatoms. The molecule has 0 aromatic carbocycles. The normalized spacial score (nSPS) is 23.1. The molecule has 2 rings (SSSR count). The predicted molar refractivity (Wildman–Crippen MR) is 68.5 cm³/mol. The highest BCUT2D eigenvalue weighted by atomic mass is 16.3. The molecule has 1 heterocycles. The zero-order chi connectivity index (χ0) is 13.2. The lowest BCUT2D eigenvalue weighted by atomic mass is 9.91. The summed E-state index contributed by atoms with van der Waals surface area (Å²) in [6.45, 7) is 3.81. The first-order valence-electron chi connectivity index (χ1n) is 6.25. The van der Waals surface area contributed by atoms with Gasteiger partial charge < -0.3 is 14.8 Å². The zero-order valence-electron chi connectivity index (χ0n) is 10.8. The number of amides is 1. The summed E-state index contributed by atoms with van der Waals surface area (Å²) in [6, 6.07) is 1.71. The molecule has 0 fully saturated rings. The fourth-order valence-corrected chi connectivity index (χ4v) is 2.24. The van der Waals surface area contributed by atoms with Gasteiger partial charge in [0.2, 0.25) is 0 Å². The quantitative estimate of drug-likeness (QED) is 0.806. The van der Waals surface area contributed by atoms with Crippen LogP contribution in [0.2, 0.25) is 0 Å². The first-order chi connectivity index (χ1) is 8.50. The Morgan fingerprint density at radius 3 is 2.89 bits per heavy atom. The van der Waals surface area contributed by atoms with Gasteiger partial charge in [-0.15, -0.1) is 0 Å². The fourth-order valence-electron chi connectivity index (χ4n) is 2.24. The van der Waals surface area contributed by atoms with Gasteiger partial charge in [0, 0.05) is 0 Å². The first-order valence-corrected chi connectivity index (χ1v) is 6.25. The van der Waals surface area contributed by atoms with E-state index >= 15 is 0 Å². The van der Waals surface area contributed by atoms with E-state index < -0.39 is 5.60 Å². The topological polar surface area (TPSA) is 62.5 Å². The summed E-state index contributed by atoms with van der Waals surface area (Å²) in [5.41, 5.74) is -0.364. The third kappa shape index (κ3) is 2.82. The Kier molecular flexibility index (Phi) is 3.57. The van der Waals surface area contributed by atoms with Crippen LogP contribution in [-0.2, 0) is 0 Å². The number of carbonyl (C=O) groups is 1. The lowest BCUT2D eigenvalue weighted by molar-refractivity contribution is 0.0659. The first kappa shape index (κ1) is 12.9. The van der Waals surface area contributed by atoms with Crippen LogP contribution in [0.4, 0.5) is 0 Å². The van der Waals surface area contributed by atoms with Crippen molar-refractivity contribution in [3.63, 3.8) is 0 Å². The van der Waals surface area contributed by atoms with Crippen molar-refractivity contribution in [3.05, 3.63) is 35.3 Å². The van der Waals surface area contributed by atoms with Gasteiger partial charge in [-0.05, 0) is 39.2 Å². The molecule has 0 saturated carbocycles. The van der Waals surface area contributed by atoms with Crippen LogP contribution in [0.1, 0.15) is 41.1 Å². The summed E-state index contributed by atoms with van der Waals surface area (Å²) < 4.78 is 5.32. The average molecular weight is 249 g/mol. The second kappa shape index (κ2) is 4.98. The van der Waals surface area contributed by atoms with Crippen molar-refractivity contribution >= 4 is 5.91 Å². The van der Waals surface area contributed by atoms with Gasteiger partial charge in [0.15, 0.2) is 0 Å². The number of nitrogens with one attached hydrogen (secondary N) is 1. The van der Waals surface area contributed by atoms with E-state index in [2.05, 4.69) is 5.32 Å². The molecule has 1 unspecified atom stereocenters. The third-order valence-electron chi connectivity index (χ3n) is 3.25. The number of hydrogen-bond donors (Lipinski definition) is 2. The number of aliphatic hydroxyl groups is 1. The van der Waals surface area contributed by atoms with E-state index in [1.54, 1.807) is 26.0 Å². The second-order valence-electron chi connectivity index (χ2n) is 4.91. The molecule has 4 nitrogen and oxygen atoms in total. The van der Waals surface area contributed by atoms with Crippen LogP contribution >= 0.6 is 0 Å². The number of hydrogen-bond acceptors (Lipinski definition) is 3. The van der Waals surface area contributed by atoms with Crippen molar-refractivity contribution in [2.75, 3.05) is 6.54 Å². The smallest absolute Gasteiger partial charge is 0.254 e. The van der Waals surface area contributed by atoms with Crippen molar-refractivity contribution in [2.45, 2.75) is 38.7 Å². The molecule has 18 heavy (non-hydrogen) atoms. The fraction of sp³-hybridized carbons (Fsp3) is 0.500. The van der Waals surface area contributed by atoms with E-state index in [1.807, 2.05) is 6.08 Å². The lowest BCUT2D eigenvalue weighted by Crippen LogP contribution is -2.42. The Balaban J connectivity index is 1.98. The maximum Gasteiger partial charge on any atom is 0.254 e. The van der Waals surface area contributed by atoms with Crippen LogP contribution in [0.3, 0.4) is 0 Å². The highest BCUT2D eigenvalue weighted by Crippen LogP contribution is 2.21. The highest BCUT2D eigenvalue weighted by molar-refractivity contribution is 5.95. The van der Waals surface area contributed by atoms with E-state index in [0.29, 0.717) is 23.5 Å². The summed E-state index contributed by atoms with van der Waals surface area (Å²) in [7, 11) is 0. The standard InChI is InChI=1S/C14H19NO3/c1-10-8-12(11(2)18-10)13(16)15-9-14(17)6-4-3-5-7-14/h4,6,8,17H,3,5,7,9H2,1-2H3,(H,15,16). The van der Waals surface area contributed by atoms with E-state index in [-0.39, 0.29) is 12.5 Å². The van der Waals surface area contributed by atoms with Crippen molar-refractivity contribution < 1.29 is 14.3 Å². The molecule has 0 aliphatic heterocycles. The van der Waals surface area contributed by atoms with Gasteiger partial charge in [0.1, 0.15) is 11.5 Å². The molecule has 2 N–H and O–H groups in total. The minimum Gasteiger partial charge on any atom is -0.466 e. The monoisotopic (exact) mass is 249 g/mol. The minimum absolute atomic E-state index is 0.197. The number of furan rings is 1. The van der Waals surface area contributed by atoms with Crippen LogP contribution in [0.5, 0.6) is 0 Å². The Morgan fingerprint density at radius 1 is 1.56 bits per heavy atom. The molecule has 1 aromatic rings. The molecule has 1 amide bonds. The summed E-state index contributed by atoms with van der Waals surface area (Å²) >= 11 is 0. The Morgan fingerprint density at radius 2 is 2.33 bits per heavy atom. The second-order valence-corrected chi connectivity index (χ2v) is 4.91. The lowest BCUT2D eigenvalue weighted by Gasteiger charge is -2.27. The van der Waals surface area contributed by atoms with Crippen molar-refractivity contribution in [1.29, 1.82) is 0 Å². The van der Waals surface area contributed by atoms with Crippen molar-refractivity contribution in [2.24, 2.45) is 0 Å². The number of allylic oxidation sites excluding steroid dienone is 1. The van der Waals surface area contributed by atoms with Crippen molar-refractivity contribution in [3.8, 4) is 0 Å². The number of aryl methyl sites for hydroxylation is 2. The maximum absolute atomic E-state index is 12.0. The molecule has 1 atom stereocenters. The summed E-state index contributed by atoms with van der Waals surface area (Å²) in [4.78, 5) is 12.0. The largest absolute Gasteiger partial charge is 0.466 e. The van der Waals surface area contributed by atoms with Crippen LogP contribution < -0.4 is 5.32 Å². The van der Waals surface area contributed by atoms with Crippen LogP contribution in [0.15, 0.2) is 22.6 Å². The van der Waals surface area contributed by atoms with Gasteiger partial charge in [-0.3, -0.25) is 4.79 Å². The van der Waals surface area contributed by atoms with Crippen LogP contribution in [0.25, 0.3) is 0 Å². The zero-order valence-corrected chi connectivity index (χ0v) is 10.8. The minimum atomic E-state index is -0.902. The molecule has 98 valence electrons. The Bertz CT molecular complexity index is 475. The van der Waals surface area contributed by atoms with Crippen molar-refractivity contribution in [1.82, 2.24) is 5.32 Å². The van der Waals surface area contributed by atoms with Gasteiger partial charge in [-0.25, -0.2) is 0 Å². The van der Waals surface area contributed by atoms with Crippen LogP contribution in [-0.4, -0.2) is 23.2 Å². The Labute approximate surface area is 107 Å². The molecule has 0 spiro atoms. The molecule has 1 aromatic heterocycles. The van der Waals surface area contributed by atoms with E-state index in [9.17, 15) is 9.90 Å². The van der Waals surface area contributed by atoms with E-state index in [1.165, 1.54) is 0 Å². The Hall–Kier alpha value is -1.55. The van der Waals surface area contributed by atoms with Gasteiger partial charge >= 0.3 is 0 Å². The maximum atomic E-state index is 12.0. The molecule has 1 aliphatic rings. The van der Waals surface area contributed by atoms with E-state index in [4.69, 9.17) is 4.42 Å². The summed E-state index contributed by atoms with van der Waals surface area (Å²) in [5.74, 6) is 1.13. The highest BCUT2D eigenvalue weighted by Gasteiger charge is 2.26. The molecule has 0 radical (unpaired) electrons. The number of rotatable bonds is 3. The van der Waals surface area contributed by atoms with Gasteiger partial charge in [-0.2, -0.15) is 0 Å². The summed E-state index contributed by atoms with van der Waals surface area (Å²) in [6.07, 6.45) is 6.38. The average Bonchev–Trinajstić information content (AvgIpc) is 2.67. The predicted octanol–water partition coefficient (Wildman–Crippen LogP) is 2.10. The van der Waals surface area contributed by atoms with E-state index in [0.717, 1.165) is 12.8 Å². The third-order valence-corrected chi connectivity index (χ3v) is 3.25.